The number of alkyl halides is 3. The van der Waals surface area contributed by atoms with Crippen molar-refractivity contribution >= 4 is 11.9 Å². The molecule has 0 aromatic heterocycles. The summed E-state index contributed by atoms with van der Waals surface area (Å²) >= 11 is 0. The summed E-state index contributed by atoms with van der Waals surface area (Å²) in [5.74, 6) is -1.11. The van der Waals surface area contributed by atoms with Gasteiger partial charge in [-0.3, -0.25) is 9.69 Å². The van der Waals surface area contributed by atoms with Gasteiger partial charge in [-0.15, -0.1) is 0 Å². The summed E-state index contributed by atoms with van der Waals surface area (Å²) < 4.78 is 38.6. The Morgan fingerprint density at radius 1 is 1.09 bits per heavy atom. The van der Waals surface area contributed by atoms with Crippen LogP contribution in [0.4, 0.5) is 13.2 Å². The van der Waals surface area contributed by atoms with Crippen molar-refractivity contribution in [3.8, 4) is 0 Å². The number of carboxylic acid groups (broad SMARTS) is 1. The predicted octanol–water partition coefficient (Wildman–Crippen LogP) is 5.03. The van der Waals surface area contributed by atoms with Crippen molar-refractivity contribution in [2.45, 2.75) is 57.4 Å². The fraction of sp³-hybridized carbons (Fsp3) is 0.440. The Balaban J connectivity index is 1.45. The van der Waals surface area contributed by atoms with Gasteiger partial charge in [0.1, 0.15) is 0 Å². The largest absolute Gasteiger partial charge is 0.478 e. The van der Waals surface area contributed by atoms with Gasteiger partial charge in [-0.1, -0.05) is 24.3 Å². The molecule has 1 amide bonds. The van der Waals surface area contributed by atoms with Crippen LogP contribution in [-0.4, -0.2) is 34.5 Å². The summed E-state index contributed by atoms with van der Waals surface area (Å²) in [5.41, 5.74) is 1.26. The van der Waals surface area contributed by atoms with E-state index in [2.05, 4.69) is 10.2 Å². The van der Waals surface area contributed by atoms with Crippen molar-refractivity contribution in [3.63, 3.8) is 0 Å². The van der Waals surface area contributed by atoms with Gasteiger partial charge in [0.05, 0.1) is 23.2 Å². The lowest BCUT2D eigenvalue weighted by atomic mass is 9.87. The number of carbonyl (C=O) groups is 2. The number of nitrogens with one attached hydrogen (secondary N) is 1. The number of benzene rings is 2. The smallest absolute Gasteiger partial charge is 0.416 e. The number of rotatable bonds is 6. The first kappa shape index (κ1) is 23.3. The second-order valence-corrected chi connectivity index (χ2v) is 9.29. The van der Waals surface area contributed by atoms with Crippen LogP contribution in [0.1, 0.15) is 65.7 Å². The standard InChI is InChI=1S/C25H27F3N2O3/c1-16(18-4-6-19(7-5-18)23(32)33)29-22(31)21-14-24(10-11-24)12-13-30(21)15-17-2-8-20(9-3-17)25(26,27)28/h2-9,16,21H,10-15H2,1H3,(H,29,31)(H,32,33). The molecule has 1 spiro atoms. The van der Waals surface area contributed by atoms with E-state index in [-0.39, 0.29) is 29.0 Å². The number of carbonyl (C=O) groups excluding carboxylic acids is 1. The SMILES string of the molecule is CC(NC(=O)C1CC2(CCN1Cc1ccc(C(F)(F)F)cc1)CC2)c1ccc(C(=O)O)cc1. The number of aromatic carboxylic acids is 1. The summed E-state index contributed by atoms with van der Waals surface area (Å²) in [5, 5.41) is 12.1. The Bertz CT molecular complexity index is 1010. The lowest BCUT2D eigenvalue weighted by molar-refractivity contribution is -0.137. The van der Waals surface area contributed by atoms with Crippen LogP contribution >= 0.6 is 0 Å². The molecule has 2 aliphatic rings. The Labute approximate surface area is 190 Å². The number of piperidine rings is 1. The molecule has 8 heteroatoms. The number of carboxylic acids is 1. The molecule has 5 nitrogen and oxygen atoms in total. The lowest BCUT2D eigenvalue weighted by Gasteiger charge is -2.39. The van der Waals surface area contributed by atoms with Crippen LogP contribution in [0, 0.1) is 5.41 Å². The van der Waals surface area contributed by atoms with E-state index in [1.54, 1.807) is 12.1 Å². The van der Waals surface area contributed by atoms with Crippen LogP contribution in [0.3, 0.4) is 0 Å². The van der Waals surface area contributed by atoms with E-state index in [1.165, 1.54) is 24.3 Å². The van der Waals surface area contributed by atoms with E-state index < -0.39 is 17.7 Å². The van der Waals surface area contributed by atoms with Crippen molar-refractivity contribution in [1.29, 1.82) is 0 Å². The summed E-state index contributed by atoms with van der Waals surface area (Å²) in [6.07, 6.45) is -0.425. The zero-order valence-corrected chi connectivity index (χ0v) is 18.4. The van der Waals surface area contributed by atoms with Crippen molar-refractivity contribution < 1.29 is 27.9 Å². The number of halogens is 3. The fourth-order valence-electron chi connectivity index (χ4n) is 4.60. The maximum absolute atomic E-state index is 13.3. The van der Waals surface area contributed by atoms with Crippen LogP contribution < -0.4 is 5.32 Å². The van der Waals surface area contributed by atoms with Crippen LogP contribution in [0.15, 0.2) is 48.5 Å². The van der Waals surface area contributed by atoms with Gasteiger partial charge in [0.2, 0.25) is 5.91 Å². The maximum atomic E-state index is 13.3. The molecule has 1 saturated heterocycles. The molecule has 33 heavy (non-hydrogen) atoms. The highest BCUT2D eigenvalue weighted by atomic mass is 19.4. The van der Waals surface area contributed by atoms with E-state index in [0.717, 1.165) is 55.5 Å². The van der Waals surface area contributed by atoms with Gasteiger partial charge in [-0.25, -0.2) is 4.79 Å². The quantitative estimate of drug-likeness (QED) is 0.635. The minimum atomic E-state index is -4.37. The highest BCUT2D eigenvalue weighted by molar-refractivity contribution is 5.87. The molecule has 1 saturated carbocycles. The maximum Gasteiger partial charge on any atom is 0.416 e. The van der Waals surface area contributed by atoms with Crippen LogP contribution in [0.2, 0.25) is 0 Å². The molecule has 176 valence electrons. The Kier molecular flexibility index (Phi) is 6.22. The summed E-state index contributed by atoms with van der Waals surface area (Å²) in [6.45, 7) is 2.98. The number of hydrogen-bond donors (Lipinski definition) is 2. The molecule has 4 rings (SSSR count). The minimum Gasteiger partial charge on any atom is -0.478 e. The summed E-state index contributed by atoms with van der Waals surface area (Å²) in [4.78, 5) is 26.4. The summed E-state index contributed by atoms with van der Waals surface area (Å²) in [6, 6.07) is 10.9. The number of amides is 1. The third-order valence-electron chi connectivity index (χ3n) is 6.94. The van der Waals surface area contributed by atoms with E-state index in [9.17, 15) is 22.8 Å². The van der Waals surface area contributed by atoms with Crippen molar-refractivity contribution in [2.24, 2.45) is 5.41 Å². The number of hydrogen-bond acceptors (Lipinski definition) is 3. The Morgan fingerprint density at radius 3 is 2.27 bits per heavy atom. The normalized spacial score (nSPS) is 20.9. The van der Waals surface area contributed by atoms with Crippen molar-refractivity contribution in [1.82, 2.24) is 10.2 Å². The average molecular weight is 460 g/mol. The Morgan fingerprint density at radius 2 is 1.73 bits per heavy atom. The molecule has 2 aromatic rings. The number of nitrogens with zero attached hydrogens (tertiary/aromatic N) is 1. The van der Waals surface area contributed by atoms with Gasteiger partial charge in [0, 0.05) is 6.54 Å². The van der Waals surface area contributed by atoms with E-state index in [1.807, 2.05) is 6.92 Å². The minimum absolute atomic E-state index is 0.109. The zero-order valence-electron chi connectivity index (χ0n) is 18.4. The molecule has 0 bridgehead atoms. The van der Waals surface area contributed by atoms with Crippen LogP contribution in [0.5, 0.6) is 0 Å². The van der Waals surface area contributed by atoms with Gasteiger partial charge in [0.15, 0.2) is 0 Å². The van der Waals surface area contributed by atoms with Gasteiger partial charge >= 0.3 is 12.1 Å². The van der Waals surface area contributed by atoms with Gasteiger partial charge < -0.3 is 10.4 Å². The highest BCUT2D eigenvalue weighted by Crippen LogP contribution is 2.55. The molecule has 0 radical (unpaired) electrons. The molecule has 1 aliphatic heterocycles. The predicted molar refractivity (Wildman–Crippen MR) is 117 cm³/mol. The molecule has 2 N–H and O–H groups in total. The molecular weight excluding hydrogens is 433 g/mol. The third kappa shape index (κ3) is 5.38. The first-order valence-corrected chi connectivity index (χ1v) is 11.1. The molecule has 1 aliphatic carbocycles. The fourth-order valence-corrected chi connectivity index (χ4v) is 4.60. The average Bonchev–Trinajstić information content (AvgIpc) is 3.53. The second-order valence-electron chi connectivity index (χ2n) is 9.29. The van der Waals surface area contributed by atoms with E-state index in [0.29, 0.717) is 6.54 Å². The molecule has 2 fully saturated rings. The van der Waals surface area contributed by atoms with Crippen LogP contribution in [-0.2, 0) is 17.5 Å². The van der Waals surface area contributed by atoms with Gasteiger partial charge in [0.25, 0.3) is 0 Å². The van der Waals surface area contributed by atoms with E-state index in [4.69, 9.17) is 5.11 Å². The van der Waals surface area contributed by atoms with Crippen LogP contribution in [0.25, 0.3) is 0 Å². The molecular formula is C25H27F3N2O3. The summed E-state index contributed by atoms with van der Waals surface area (Å²) in [7, 11) is 0. The third-order valence-corrected chi connectivity index (χ3v) is 6.94. The van der Waals surface area contributed by atoms with E-state index >= 15 is 0 Å². The van der Waals surface area contributed by atoms with Crippen molar-refractivity contribution in [3.05, 3.63) is 70.8 Å². The van der Waals surface area contributed by atoms with Crippen molar-refractivity contribution in [2.75, 3.05) is 6.54 Å². The molecule has 2 aromatic carbocycles. The number of likely N-dealkylation sites (tertiary alicyclic amines) is 1. The first-order chi connectivity index (χ1) is 15.6. The van der Waals surface area contributed by atoms with Gasteiger partial charge in [-0.2, -0.15) is 13.2 Å². The Hall–Kier alpha value is -2.87. The molecule has 2 atom stereocenters. The molecule has 2 unspecified atom stereocenters. The lowest BCUT2D eigenvalue weighted by Crippen LogP contribution is -2.51. The second kappa shape index (κ2) is 8.82. The topological polar surface area (TPSA) is 69.6 Å². The first-order valence-electron chi connectivity index (χ1n) is 11.1. The molecule has 1 heterocycles. The monoisotopic (exact) mass is 460 g/mol. The highest BCUT2D eigenvalue weighted by Gasteiger charge is 2.49. The van der Waals surface area contributed by atoms with Gasteiger partial charge in [-0.05, 0) is 80.0 Å². The zero-order chi connectivity index (χ0) is 23.8.